The first kappa shape index (κ1) is 12.5. The Morgan fingerprint density at radius 1 is 1.47 bits per heavy atom. The number of aliphatic hydroxyl groups is 1. The first-order chi connectivity index (χ1) is 8.15. The highest BCUT2D eigenvalue weighted by molar-refractivity contribution is 5.21. The lowest BCUT2D eigenvalue weighted by molar-refractivity contribution is -0.0181. The van der Waals surface area contributed by atoms with E-state index in [0.717, 1.165) is 12.8 Å². The van der Waals surface area contributed by atoms with Crippen LogP contribution in [0.1, 0.15) is 51.0 Å². The summed E-state index contributed by atoms with van der Waals surface area (Å²) in [5, 5.41) is 10.5. The van der Waals surface area contributed by atoms with Crippen molar-refractivity contribution in [3.8, 4) is 0 Å². The van der Waals surface area contributed by atoms with Crippen LogP contribution in [0.5, 0.6) is 0 Å². The van der Waals surface area contributed by atoms with Crippen LogP contribution < -0.4 is 0 Å². The number of hydrogen-bond donors (Lipinski definition) is 1. The molecule has 0 amide bonds. The molecule has 0 aromatic carbocycles. The van der Waals surface area contributed by atoms with Gasteiger partial charge < -0.3 is 5.11 Å². The quantitative estimate of drug-likeness (QED) is 0.874. The van der Waals surface area contributed by atoms with Crippen LogP contribution in [-0.2, 0) is 5.60 Å². The van der Waals surface area contributed by atoms with Gasteiger partial charge in [-0.1, -0.05) is 19.8 Å². The van der Waals surface area contributed by atoms with E-state index in [2.05, 4.69) is 11.9 Å². The van der Waals surface area contributed by atoms with E-state index in [4.69, 9.17) is 0 Å². The van der Waals surface area contributed by atoms with Gasteiger partial charge >= 0.3 is 0 Å². The molecule has 1 N–H and O–H groups in total. The predicted molar refractivity (Wildman–Crippen MR) is 65.0 cm³/mol. The highest BCUT2D eigenvalue weighted by Crippen LogP contribution is 2.41. The fourth-order valence-corrected chi connectivity index (χ4v) is 2.87. The molecule has 2 rings (SSSR count). The smallest absolute Gasteiger partial charge is 0.147 e. The van der Waals surface area contributed by atoms with Gasteiger partial charge in [-0.3, -0.25) is 4.98 Å². The van der Waals surface area contributed by atoms with Gasteiger partial charge in [0, 0.05) is 11.8 Å². The van der Waals surface area contributed by atoms with E-state index in [1.54, 1.807) is 12.3 Å². The first-order valence-corrected chi connectivity index (χ1v) is 6.48. The Kier molecular flexibility index (Phi) is 3.77. The monoisotopic (exact) mass is 237 g/mol. The summed E-state index contributed by atoms with van der Waals surface area (Å²) < 4.78 is 13.6. The lowest BCUT2D eigenvalue weighted by Gasteiger charge is -2.36. The molecular weight excluding hydrogens is 217 g/mol. The number of aromatic nitrogens is 1. The van der Waals surface area contributed by atoms with Gasteiger partial charge in [0.15, 0.2) is 0 Å². The minimum Gasteiger partial charge on any atom is -0.385 e. The molecule has 2 nitrogen and oxygen atoms in total. The summed E-state index contributed by atoms with van der Waals surface area (Å²) in [5.41, 5.74) is -0.556. The molecule has 94 valence electrons. The molecule has 1 fully saturated rings. The fourth-order valence-electron chi connectivity index (χ4n) is 2.87. The summed E-state index contributed by atoms with van der Waals surface area (Å²) in [5.74, 6) is 0.314. The molecular formula is C14H20FNO. The number of halogens is 1. The van der Waals surface area contributed by atoms with E-state index >= 15 is 0 Å². The molecule has 0 saturated heterocycles. The molecule has 1 aliphatic rings. The highest BCUT2D eigenvalue weighted by Gasteiger charge is 2.36. The largest absolute Gasteiger partial charge is 0.385 e. The molecule has 0 spiro atoms. The van der Waals surface area contributed by atoms with E-state index in [1.807, 2.05) is 0 Å². The van der Waals surface area contributed by atoms with Crippen molar-refractivity contribution >= 4 is 0 Å². The van der Waals surface area contributed by atoms with Gasteiger partial charge in [0.25, 0.3) is 0 Å². The fraction of sp³-hybridized carbons (Fsp3) is 0.643. The number of hydrogen-bond acceptors (Lipinski definition) is 2. The zero-order chi connectivity index (χ0) is 12.3. The van der Waals surface area contributed by atoms with E-state index in [0.29, 0.717) is 24.3 Å². The summed E-state index contributed by atoms with van der Waals surface area (Å²) in [6, 6.07) is 1.61. The molecule has 0 atom stereocenters. The Morgan fingerprint density at radius 2 is 2.18 bits per heavy atom. The third-order valence-electron chi connectivity index (χ3n) is 3.90. The van der Waals surface area contributed by atoms with Gasteiger partial charge in [0.05, 0.1) is 11.8 Å². The Hall–Kier alpha value is -0.960. The molecule has 0 aliphatic heterocycles. The molecule has 0 radical (unpaired) electrons. The van der Waals surface area contributed by atoms with Crippen molar-refractivity contribution in [3.63, 3.8) is 0 Å². The van der Waals surface area contributed by atoms with Crippen LogP contribution in [0.3, 0.4) is 0 Å². The molecule has 1 saturated carbocycles. The Balaban J connectivity index is 2.10. The van der Waals surface area contributed by atoms with Crippen LogP contribution in [0.15, 0.2) is 18.5 Å². The molecule has 1 aromatic heterocycles. The van der Waals surface area contributed by atoms with Crippen LogP contribution in [0.2, 0.25) is 0 Å². The topological polar surface area (TPSA) is 33.1 Å². The zero-order valence-corrected chi connectivity index (χ0v) is 10.3. The van der Waals surface area contributed by atoms with Crippen LogP contribution in [0.4, 0.5) is 4.39 Å². The van der Waals surface area contributed by atoms with Crippen LogP contribution in [0, 0.1) is 11.7 Å². The molecule has 0 unspecified atom stereocenters. The van der Waals surface area contributed by atoms with Gasteiger partial charge in [-0.2, -0.15) is 0 Å². The maximum absolute atomic E-state index is 13.6. The van der Waals surface area contributed by atoms with E-state index in [1.165, 1.54) is 19.0 Å². The van der Waals surface area contributed by atoms with Crippen LogP contribution >= 0.6 is 0 Å². The molecule has 1 aromatic rings. The Labute approximate surface area is 102 Å². The Bertz CT molecular complexity index is 372. The number of nitrogens with zero attached hydrogens (tertiary/aromatic N) is 1. The van der Waals surface area contributed by atoms with Crippen molar-refractivity contribution < 1.29 is 9.50 Å². The SMILES string of the molecule is CCCC1CCC(O)(c2ccncc2F)CC1. The zero-order valence-electron chi connectivity index (χ0n) is 10.3. The van der Waals surface area contributed by atoms with E-state index in [-0.39, 0.29) is 5.82 Å². The standard InChI is InChI=1S/C14H20FNO/c1-2-3-11-4-7-14(17,8-5-11)12-6-9-16-10-13(12)15/h6,9-11,17H,2-5,7-8H2,1H3. The molecule has 0 bridgehead atoms. The number of pyridine rings is 1. The summed E-state index contributed by atoms with van der Waals surface area (Å²) in [7, 11) is 0. The van der Waals surface area contributed by atoms with Gasteiger partial charge in [0.1, 0.15) is 5.82 Å². The average molecular weight is 237 g/mol. The van der Waals surface area contributed by atoms with Gasteiger partial charge in [-0.05, 0) is 37.7 Å². The lowest BCUT2D eigenvalue weighted by Crippen LogP contribution is -2.32. The maximum Gasteiger partial charge on any atom is 0.147 e. The second kappa shape index (κ2) is 5.13. The van der Waals surface area contributed by atoms with Crippen molar-refractivity contribution in [2.45, 2.75) is 51.0 Å². The maximum atomic E-state index is 13.6. The van der Waals surface area contributed by atoms with E-state index in [9.17, 15) is 9.50 Å². The molecule has 3 heteroatoms. The summed E-state index contributed by atoms with van der Waals surface area (Å²) in [6.07, 6.45) is 8.46. The number of rotatable bonds is 3. The third-order valence-corrected chi connectivity index (χ3v) is 3.90. The van der Waals surface area contributed by atoms with Crippen LogP contribution in [-0.4, -0.2) is 10.1 Å². The van der Waals surface area contributed by atoms with E-state index < -0.39 is 5.60 Å². The minimum absolute atomic E-state index is 0.385. The summed E-state index contributed by atoms with van der Waals surface area (Å²) >= 11 is 0. The van der Waals surface area contributed by atoms with Crippen molar-refractivity contribution in [1.29, 1.82) is 0 Å². The lowest BCUT2D eigenvalue weighted by atomic mass is 9.74. The van der Waals surface area contributed by atoms with Crippen molar-refractivity contribution in [2.75, 3.05) is 0 Å². The first-order valence-electron chi connectivity index (χ1n) is 6.48. The van der Waals surface area contributed by atoms with Gasteiger partial charge in [0.2, 0.25) is 0 Å². The minimum atomic E-state index is -0.975. The van der Waals surface area contributed by atoms with Crippen molar-refractivity contribution in [2.24, 2.45) is 5.92 Å². The molecule has 1 heterocycles. The second-order valence-electron chi connectivity index (χ2n) is 5.12. The molecule has 1 aliphatic carbocycles. The van der Waals surface area contributed by atoms with Crippen molar-refractivity contribution in [3.05, 3.63) is 29.8 Å². The molecule has 17 heavy (non-hydrogen) atoms. The van der Waals surface area contributed by atoms with Crippen LogP contribution in [0.25, 0.3) is 0 Å². The Morgan fingerprint density at radius 3 is 2.76 bits per heavy atom. The third kappa shape index (κ3) is 2.65. The normalized spacial score (nSPS) is 29.2. The summed E-state index contributed by atoms with van der Waals surface area (Å²) in [6.45, 7) is 2.18. The van der Waals surface area contributed by atoms with Crippen molar-refractivity contribution in [1.82, 2.24) is 4.98 Å². The average Bonchev–Trinajstić information content (AvgIpc) is 2.33. The van der Waals surface area contributed by atoms with Gasteiger partial charge in [-0.25, -0.2) is 4.39 Å². The van der Waals surface area contributed by atoms with Gasteiger partial charge in [-0.15, -0.1) is 0 Å². The second-order valence-corrected chi connectivity index (χ2v) is 5.12. The summed E-state index contributed by atoms with van der Waals surface area (Å²) in [4.78, 5) is 3.73. The highest BCUT2D eigenvalue weighted by atomic mass is 19.1. The predicted octanol–water partition coefficient (Wildman–Crippen LogP) is 3.40.